The van der Waals surface area contributed by atoms with Gasteiger partial charge in [0, 0.05) is 51.9 Å². The van der Waals surface area contributed by atoms with Gasteiger partial charge in [-0.05, 0) is 115 Å². The number of hydrogen-bond donors (Lipinski definition) is 8. The number of carbonyl (C=O) groups is 16. The Morgan fingerprint density at radius 2 is 0.562 bits per heavy atom. The van der Waals surface area contributed by atoms with Gasteiger partial charge in [0.1, 0.15) is 50.9 Å². The Balaban J connectivity index is 0.000000113. The van der Waals surface area contributed by atoms with Gasteiger partial charge in [0.25, 0.3) is 0 Å². The number of rotatable bonds is 8. The van der Waals surface area contributed by atoms with Crippen LogP contribution in [-0.2, 0) is 102 Å². The molecule has 16 atom stereocenters. The number of amides is 20. The van der Waals surface area contributed by atoms with Crippen LogP contribution in [0.1, 0.15) is 104 Å². The second-order valence-corrected chi connectivity index (χ2v) is 38.4. The van der Waals surface area contributed by atoms with Gasteiger partial charge in [-0.25, -0.2) is 74.5 Å². The number of carbonyl (C=O) groups excluding carboxylic acids is 16. The molecule has 20 heterocycles. The van der Waals surface area contributed by atoms with Gasteiger partial charge in [-0.1, -0.05) is 34.5 Å². The minimum Gasteiger partial charge on any atom is -0.447 e. The van der Waals surface area contributed by atoms with Gasteiger partial charge >= 0.3 is 48.5 Å². The summed E-state index contributed by atoms with van der Waals surface area (Å²) >= 11 is 0. The van der Waals surface area contributed by atoms with Crippen molar-refractivity contribution in [2.45, 2.75) is 205 Å². The van der Waals surface area contributed by atoms with Crippen LogP contribution in [0.2, 0.25) is 0 Å². The standard InChI is InChI=1S/2C23H24FN5O7.2C22H21F2N5O7/c2*1-4-12-8-29(22(33)35-12)18-13-5-11-6-23(19(30)25-21(32)26-20(23)31)17-10(3)34-9(2)7-28(17)15(11)14(24)16(13)36-27-18;2*1-8-6-28-14-10(4-22(16(28)9(2)35-8)18(30)25-20(32)26-19(22)31)3-12-15(13(14)24)36-27-17(12)29-11(5-23)7-34-21(29)33/h2*5,9-10,12,17H,4,6-8H2,1-3H3,(H2,25,26,30,31,32);2*3,8-9,11,16H,4-7H2,1-2H3,(H2,25,26,30,31,32)/t9-,10+,12+,17-;9-,10+,12-,17-;8-,9+,11+,16-;8-,9+,11-,16-/m1111/s1. The molecule has 16 aliphatic heterocycles. The number of nitrogens with one attached hydrogen (secondary N) is 8. The summed E-state index contributed by atoms with van der Waals surface area (Å²) in [5.41, 5.74) is -6.20. The largest absolute Gasteiger partial charge is 0.447 e. The van der Waals surface area contributed by atoms with Gasteiger partial charge in [0.2, 0.25) is 69.6 Å². The highest BCUT2D eigenvalue weighted by Gasteiger charge is 2.69. The molecule has 0 radical (unpaired) electrons. The Labute approximate surface area is 806 Å². The number of benzene rings is 4. The van der Waals surface area contributed by atoms with Crippen molar-refractivity contribution in [3.63, 3.8) is 0 Å². The van der Waals surface area contributed by atoms with E-state index in [0.29, 0.717) is 24.0 Å². The van der Waals surface area contributed by atoms with Gasteiger partial charge < -0.3 is 75.6 Å². The van der Waals surface area contributed by atoms with E-state index < -0.39 is 215 Å². The fourth-order valence-electron chi connectivity index (χ4n) is 24.0. The summed E-state index contributed by atoms with van der Waals surface area (Å²) in [7, 11) is 0. The zero-order valence-electron chi connectivity index (χ0n) is 77.9. The molecule has 54 heteroatoms. The molecule has 16 aliphatic rings. The number of imide groups is 8. The molecular weight excluding hydrogens is 1920 g/mol. The molecule has 12 fully saturated rings. The molecule has 4 aromatic heterocycles. The van der Waals surface area contributed by atoms with Crippen LogP contribution in [0.4, 0.5) is 111 Å². The Bertz CT molecular complexity index is 6500. The first-order valence-electron chi connectivity index (χ1n) is 46.4. The molecule has 4 aromatic carbocycles. The first-order valence-corrected chi connectivity index (χ1v) is 46.4. The van der Waals surface area contributed by atoms with Crippen LogP contribution in [0.25, 0.3) is 43.9 Å². The summed E-state index contributed by atoms with van der Waals surface area (Å²) in [6, 6.07) is -3.18. The minimum absolute atomic E-state index is 0.0548. The summed E-state index contributed by atoms with van der Waals surface area (Å²) < 4.78 is 157. The van der Waals surface area contributed by atoms with E-state index in [-0.39, 0.29) is 216 Å². The van der Waals surface area contributed by atoms with E-state index in [1.54, 1.807) is 73.3 Å². The van der Waals surface area contributed by atoms with Crippen molar-refractivity contribution in [3.05, 3.63) is 69.8 Å². The van der Waals surface area contributed by atoms with Crippen molar-refractivity contribution < 1.29 is 159 Å². The quantitative estimate of drug-likeness (QED) is 0.0529. The van der Waals surface area contributed by atoms with Crippen LogP contribution in [0.15, 0.2) is 42.4 Å². The third kappa shape index (κ3) is 14.0. The van der Waals surface area contributed by atoms with Gasteiger partial charge in [-0.2, -0.15) is 0 Å². The number of anilines is 8. The fourth-order valence-corrected chi connectivity index (χ4v) is 24.0. The van der Waals surface area contributed by atoms with E-state index in [2.05, 4.69) is 63.2 Å². The third-order valence-electron chi connectivity index (χ3n) is 29.7. The van der Waals surface area contributed by atoms with Crippen LogP contribution < -0.4 is 81.7 Å². The number of nitrogens with zero attached hydrogens (tertiary/aromatic N) is 12. The van der Waals surface area contributed by atoms with E-state index >= 15 is 17.6 Å². The lowest BCUT2D eigenvalue weighted by Crippen LogP contribution is -2.75. The molecule has 8 aromatic rings. The number of aromatic nitrogens is 4. The molecule has 20 amide bonds. The number of hydrogen-bond acceptors (Lipinski definition) is 36. The molecule has 24 rings (SSSR count). The van der Waals surface area contributed by atoms with E-state index in [0.717, 1.165) is 9.80 Å². The molecule has 144 heavy (non-hydrogen) atoms. The van der Waals surface area contributed by atoms with Crippen LogP contribution in [0.3, 0.4) is 0 Å². The molecule has 4 spiro atoms. The molecule has 760 valence electrons. The number of ether oxygens (including phenoxy) is 8. The number of urea groups is 4. The Hall–Kier alpha value is -15.1. The molecule has 0 aliphatic carbocycles. The number of halogens is 6. The second kappa shape index (κ2) is 34.3. The topological polar surface area (TPSA) is 573 Å². The van der Waals surface area contributed by atoms with Gasteiger partial charge in [0.15, 0.2) is 68.2 Å². The minimum atomic E-state index is -1.81. The van der Waals surface area contributed by atoms with Crippen LogP contribution in [-0.4, -0.2) is 280 Å². The first kappa shape index (κ1) is 95.1. The summed E-state index contributed by atoms with van der Waals surface area (Å²) in [5, 5.41) is 33.6. The van der Waals surface area contributed by atoms with Crippen molar-refractivity contribution in [1.29, 1.82) is 0 Å². The van der Waals surface area contributed by atoms with Crippen molar-refractivity contribution in [2.75, 3.05) is 105 Å². The molecule has 0 saturated carbocycles. The van der Waals surface area contributed by atoms with E-state index in [4.69, 9.17) is 56.0 Å². The lowest BCUT2D eigenvalue weighted by molar-refractivity contribution is -0.154. The lowest BCUT2D eigenvalue weighted by atomic mass is 9.66. The number of fused-ring (bicyclic) bond motifs is 20. The maximum Gasteiger partial charge on any atom is 0.416 e. The Morgan fingerprint density at radius 1 is 0.333 bits per heavy atom. The zero-order valence-corrected chi connectivity index (χ0v) is 77.9. The monoisotopic (exact) mass is 2010 g/mol. The number of cyclic esters (lactones) is 4. The number of morpholine rings is 4. The molecule has 0 unspecified atom stereocenters. The SMILES string of the molecule is CC[C@@H]1CN(c2noc3c(F)c4c(cc23)CC2(C(=O)NC(=O)NC2=O)[C@H]2[C@H](C)O[C@H](C)CN42)C(=O)O1.CC[C@H]1CN(c2noc3c(F)c4c(cc23)CC2(C(=O)NC(=O)NC2=O)[C@H]2[C@H](C)O[C@H](C)CN42)C(=O)O1.C[C@@H]1CN2c3c(cc4c(N5C(=O)OC[C@@H]5CF)noc4c3F)CC3(C(=O)NC(=O)NC3=O)[C@H]2[C@H](C)O1.C[C@@H]1CN2c3c(cc4c(N5C(=O)OC[C@H]5CF)noc4c3F)CC3(C(=O)NC(=O)NC3=O)[C@H]2[C@H](C)O1. The smallest absolute Gasteiger partial charge is 0.416 e. The van der Waals surface area contributed by atoms with Crippen LogP contribution >= 0.6 is 0 Å². The fraction of sp³-hybridized carbons (Fsp3) is 0.511. The van der Waals surface area contributed by atoms with Crippen LogP contribution in [0, 0.1) is 44.9 Å². The maximum absolute atomic E-state index is 16.1. The normalized spacial score (nSPS) is 29.2. The molecule has 8 N–H and O–H groups in total. The first-order chi connectivity index (χ1) is 68.6. The molecule has 0 bridgehead atoms. The predicted octanol–water partition coefficient (Wildman–Crippen LogP) is 5.49. The van der Waals surface area contributed by atoms with Crippen molar-refractivity contribution >= 4 is 186 Å². The maximum atomic E-state index is 16.1. The number of barbiturate groups is 4. The second-order valence-electron chi connectivity index (χ2n) is 38.4. The Morgan fingerprint density at radius 3 is 0.785 bits per heavy atom. The van der Waals surface area contributed by atoms with E-state index in [1.807, 2.05) is 27.7 Å². The average Bonchev–Trinajstić information content (AvgIpc) is 0.997. The third-order valence-corrected chi connectivity index (χ3v) is 29.7. The van der Waals surface area contributed by atoms with Gasteiger partial charge in [0.05, 0.1) is 130 Å². The van der Waals surface area contributed by atoms with Crippen molar-refractivity contribution in [2.24, 2.45) is 21.7 Å². The highest BCUT2D eigenvalue weighted by molar-refractivity contribution is 6.24. The predicted molar refractivity (Wildman–Crippen MR) is 475 cm³/mol. The van der Waals surface area contributed by atoms with Crippen LogP contribution in [0.5, 0.6) is 0 Å². The summed E-state index contributed by atoms with van der Waals surface area (Å²) in [6.07, 6.45) is -7.43. The number of alkyl halides is 2. The summed E-state index contributed by atoms with van der Waals surface area (Å²) in [4.78, 5) is 214. The van der Waals surface area contributed by atoms with E-state index in [1.165, 1.54) is 21.9 Å². The van der Waals surface area contributed by atoms with Crippen molar-refractivity contribution in [1.82, 2.24) is 63.2 Å². The molecule has 12 saturated heterocycles. The van der Waals surface area contributed by atoms with E-state index in [9.17, 15) is 85.5 Å². The molecular formula is C90H90F6N20O28. The summed E-state index contributed by atoms with van der Waals surface area (Å²) in [5.74, 6) is -9.52. The Kier molecular flexibility index (Phi) is 22.7. The highest BCUT2D eigenvalue weighted by Crippen LogP contribution is 2.57. The molecule has 48 nitrogen and oxygen atoms in total. The van der Waals surface area contributed by atoms with Crippen molar-refractivity contribution in [3.8, 4) is 0 Å². The highest BCUT2D eigenvalue weighted by atomic mass is 19.1. The van der Waals surface area contributed by atoms with Gasteiger partial charge in [-0.15, -0.1) is 0 Å². The average molecular weight is 2010 g/mol. The summed E-state index contributed by atoms with van der Waals surface area (Å²) in [6.45, 7) is 16.6. The van der Waals surface area contributed by atoms with Gasteiger partial charge in [-0.3, -0.25) is 90.7 Å². The zero-order chi connectivity index (χ0) is 102. The lowest BCUT2D eigenvalue weighted by Gasteiger charge is -2.55.